The molecule has 0 aliphatic carbocycles. The zero-order chi connectivity index (χ0) is 11.5. The van der Waals surface area contributed by atoms with E-state index in [1.807, 2.05) is 0 Å². The van der Waals surface area contributed by atoms with Crippen molar-refractivity contribution in [2.24, 2.45) is 11.3 Å². The first-order valence-corrected chi connectivity index (χ1v) is 6.25. The Kier molecular flexibility index (Phi) is 4.60. The van der Waals surface area contributed by atoms with Crippen LogP contribution in [0, 0.1) is 11.3 Å². The Balaban J connectivity index is 2.11. The van der Waals surface area contributed by atoms with Crippen molar-refractivity contribution in [3.05, 3.63) is 0 Å². The van der Waals surface area contributed by atoms with Gasteiger partial charge in [-0.3, -0.25) is 0 Å². The Morgan fingerprint density at radius 1 is 1.33 bits per heavy atom. The predicted molar refractivity (Wildman–Crippen MR) is 65.1 cm³/mol. The van der Waals surface area contributed by atoms with Crippen LogP contribution in [-0.4, -0.2) is 25.3 Å². The highest BCUT2D eigenvalue weighted by Gasteiger charge is 2.23. The second-order valence-corrected chi connectivity index (χ2v) is 6.07. The standard InChI is InChI=1S/C13H27NO/c1-10(13(3,4)5)8-14-9-12-7-6-11(2)15-12/h10-12,14H,6-9H2,1-5H3. The third kappa shape index (κ3) is 4.52. The summed E-state index contributed by atoms with van der Waals surface area (Å²) in [6, 6.07) is 0. The smallest absolute Gasteiger partial charge is 0.0704 e. The summed E-state index contributed by atoms with van der Waals surface area (Å²) in [6.07, 6.45) is 3.36. The van der Waals surface area contributed by atoms with E-state index in [1.165, 1.54) is 12.8 Å². The Morgan fingerprint density at radius 2 is 2.00 bits per heavy atom. The Morgan fingerprint density at radius 3 is 2.47 bits per heavy atom. The van der Waals surface area contributed by atoms with Crippen molar-refractivity contribution in [3.63, 3.8) is 0 Å². The minimum atomic E-state index is 0.400. The van der Waals surface area contributed by atoms with Crippen molar-refractivity contribution >= 4 is 0 Å². The van der Waals surface area contributed by atoms with E-state index >= 15 is 0 Å². The molecule has 15 heavy (non-hydrogen) atoms. The van der Waals surface area contributed by atoms with Crippen LogP contribution in [0.4, 0.5) is 0 Å². The largest absolute Gasteiger partial charge is 0.374 e. The van der Waals surface area contributed by atoms with E-state index < -0.39 is 0 Å². The second-order valence-electron chi connectivity index (χ2n) is 6.07. The van der Waals surface area contributed by atoms with Crippen LogP contribution in [-0.2, 0) is 4.74 Å². The normalized spacial score (nSPS) is 29.4. The average Bonchev–Trinajstić information content (AvgIpc) is 2.49. The van der Waals surface area contributed by atoms with Crippen LogP contribution in [0.1, 0.15) is 47.5 Å². The van der Waals surface area contributed by atoms with E-state index in [-0.39, 0.29) is 0 Å². The lowest BCUT2D eigenvalue weighted by Gasteiger charge is -2.28. The molecule has 3 atom stereocenters. The Hall–Kier alpha value is -0.0800. The summed E-state index contributed by atoms with van der Waals surface area (Å²) < 4.78 is 5.77. The monoisotopic (exact) mass is 213 g/mol. The van der Waals surface area contributed by atoms with Gasteiger partial charge in [0.05, 0.1) is 12.2 Å². The first-order valence-electron chi connectivity index (χ1n) is 6.25. The molecule has 90 valence electrons. The molecule has 1 rings (SSSR count). The van der Waals surface area contributed by atoms with Gasteiger partial charge in [-0.1, -0.05) is 27.7 Å². The first kappa shape index (κ1) is 13.0. The summed E-state index contributed by atoms with van der Waals surface area (Å²) in [7, 11) is 0. The molecule has 0 aromatic carbocycles. The lowest BCUT2D eigenvalue weighted by Crippen LogP contribution is -2.34. The zero-order valence-electron chi connectivity index (χ0n) is 11.0. The fraction of sp³-hybridized carbons (Fsp3) is 1.00. The summed E-state index contributed by atoms with van der Waals surface area (Å²) in [5.74, 6) is 0.705. The summed E-state index contributed by atoms with van der Waals surface area (Å²) in [5.41, 5.74) is 0.400. The molecule has 3 unspecified atom stereocenters. The molecule has 1 heterocycles. The lowest BCUT2D eigenvalue weighted by molar-refractivity contribution is 0.0547. The van der Waals surface area contributed by atoms with E-state index in [9.17, 15) is 0 Å². The van der Waals surface area contributed by atoms with Gasteiger partial charge < -0.3 is 10.1 Å². The van der Waals surface area contributed by atoms with Crippen LogP contribution in [0.3, 0.4) is 0 Å². The van der Waals surface area contributed by atoms with Crippen molar-refractivity contribution in [1.29, 1.82) is 0 Å². The van der Waals surface area contributed by atoms with Crippen molar-refractivity contribution < 1.29 is 4.74 Å². The maximum absolute atomic E-state index is 5.77. The van der Waals surface area contributed by atoms with Crippen LogP contribution < -0.4 is 5.32 Å². The molecular formula is C13H27NO. The van der Waals surface area contributed by atoms with Crippen molar-refractivity contribution in [3.8, 4) is 0 Å². The van der Waals surface area contributed by atoms with E-state index in [4.69, 9.17) is 4.74 Å². The summed E-state index contributed by atoms with van der Waals surface area (Å²) in [4.78, 5) is 0. The third-order valence-electron chi connectivity index (χ3n) is 3.62. The predicted octanol–water partition coefficient (Wildman–Crippen LogP) is 2.83. The van der Waals surface area contributed by atoms with Gasteiger partial charge in [-0.15, -0.1) is 0 Å². The molecule has 1 aliphatic heterocycles. The SMILES string of the molecule is CC1CCC(CNCC(C)C(C)(C)C)O1. The molecule has 0 aromatic heterocycles. The Labute approximate surface area is 94.8 Å². The maximum Gasteiger partial charge on any atom is 0.0704 e. The molecule has 2 nitrogen and oxygen atoms in total. The van der Waals surface area contributed by atoms with Gasteiger partial charge in [0, 0.05) is 6.54 Å². The van der Waals surface area contributed by atoms with Gasteiger partial charge in [0.2, 0.25) is 0 Å². The first-order chi connectivity index (χ1) is 6.89. The van der Waals surface area contributed by atoms with Gasteiger partial charge in [0.25, 0.3) is 0 Å². The van der Waals surface area contributed by atoms with Gasteiger partial charge in [-0.05, 0) is 37.6 Å². The fourth-order valence-electron chi connectivity index (χ4n) is 1.80. The van der Waals surface area contributed by atoms with Gasteiger partial charge in [0.15, 0.2) is 0 Å². The van der Waals surface area contributed by atoms with E-state index in [0.717, 1.165) is 13.1 Å². The maximum atomic E-state index is 5.77. The van der Waals surface area contributed by atoms with Crippen molar-refractivity contribution in [2.45, 2.75) is 59.7 Å². The van der Waals surface area contributed by atoms with Crippen LogP contribution in [0.25, 0.3) is 0 Å². The van der Waals surface area contributed by atoms with Crippen LogP contribution >= 0.6 is 0 Å². The van der Waals surface area contributed by atoms with Crippen LogP contribution in [0.5, 0.6) is 0 Å². The highest BCUT2D eigenvalue weighted by molar-refractivity contribution is 4.75. The van der Waals surface area contributed by atoms with Gasteiger partial charge >= 0.3 is 0 Å². The van der Waals surface area contributed by atoms with Gasteiger partial charge in [0.1, 0.15) is 0 Å². The average molecular weight is 213 g/mol. The van der Waals surface area contributed by atoms with Crippen LogP contribution in [0.15, 0.2) is 0 Å². The van der Waals surface area contributed by atoms with E-state index in [0.29, 0.717) is 23.5 Å². The van der Waals surface area contributed by atoms with E-state index in [2.05, 4.69) is 39.9 Å². The Bertz CT molecular complexity index is 185. The number of ether oxygens (including phenoxy) is 1. The zero-order valence-corrected chi connectivity index (χ0v) is 11.0. The topological polar surface area (TPSA) is 21.3 Å². The second kappa shape index (κ2) is 5.31. The molecule has 1 aliphatic rings. The van der Waals surface area contributed by atoms with E-state index in [1.54, 1.807) is 0 Å². The van der Waals surface area contributed by atoms with Crippen molar-refractivity contribution in [1.82, 2.24) is 5.32 Å². The highest BCUT2D eigenvalue weighted by atomic mass is 16.5. The highest BCUT2D eigenvalue weighted by Crippen LogP contribution is 2.24. The van der Waals surface area contributed by atoms with Crippen molar-refractivity contribution in [2.75, 3.05) is 13.1 Å². The summed E-state index contributed by atoms with van der Waals surface area (Å²) in [6.45, 7) is 13.5. The molecule has 1 fully saturated rings. The quantitative estimate of drug-likeness (QED) is 0.775. The van der Waals surface area contributed by atoms with Gasteiger partial charge in [-0.2, -0.15) is 0 Å². The lowest BCUT2D eigenvalue weighted by atomic mass is 9.82. The van der Waals surface area contributed by atoms with Crippen LogP contribution in [0.2, 0.25) is 0 Å². The molecule has 0 spiro atoms. The molecule has 0 saturated carbocycles. The molecule has 1 saturated heterocycles. The number of nitrogens with one attached hydrogen (secondary N) is 1. The number of hydrogen-bond donors (Lipinski definition) is 1. The molecular weight excluding hydrogens is 186 g/mol. The molecule has 0 bridgehead atoms. The molecule has 0 amide bonds. The number of hydrogen-bond acceptors (Lipinski definition) is 2. The molecule has 0 aromatic rings. The summed E-state index contributed by atoms with van der Waals surface area (Å²) in [5, 5.41) is 3.53. The number of rotatable bonds is 4. The fourth-order valence-corrected chi connectivity index (χ4v) is 1.80. The minimum absolute atomic E-state index is 0.400. The minimum Gasteiger partial charge on any atom is -0.374 e. The molecule has 2 heteroatoms. The molecule has 0 radical (unpaired) electrons. The third-order valence-corrected chi connectivity index (χ3v) is 3.62. The molecule has 1 N–H and O–H groups in total. The summed E-state index contributed by atoms with van der Waals surface area (Å²) >= 11 is 0. The van der Waals surface area contributed by atoms with Gasteiger partial charge in [-0.25, -0.2) is 0 Å².